The number of nitro groups is 1. The van der Waals surface area contributed by atoms with E-state index in [9.17, 15) is 14.9 Å². The smallest absolute Gasteiger partial charge is 0.293 e. The summed E-state index contributed by atoms with van der Waals surface area (Å²) in [5.74, 6) is 0.372. The van der Waals surface area contributed by atoms with Gasteiger partial charge in [0.25, 0.3) is 11.6 Å². The molecule has 8 nitrogen and oxygen atoms in total. The molecule has 8 heteroatoms. The van der Waals surface area contributed by atoms with Crippen LogP contribution < -0.4 is 16.0 Å². The van der Waals surface area contributed by atoms with E-state index < -0.39 is 4.92 Å². The lowest BCUT2D eigenvalue weighted by atomic mass is 9.87. The molecule has 0 heterocycles. The van der Waals surface area contributed by atoms with Crippen LogP contribution in [0.15, 0.2) is 12.1 Å². The second kappa shape index (κ2) is 9.38. The van der Waals surface area contributed by atoms with Crippen molar-refractivity contribution in [3.05, 3.63) is 27.8 Å². The highest BCUT2D eigenvalue weighted by molar-refractivity contribution is 6.01. The van der Waals surface area contributed by atoms with E-state index in [2.05, 4.69) is 22.9 Å². The summed E-state index contributed by atoms with van der Waals surface area (Å²) >= 11 is 0. The number of aliphatic hydroxyl groups is 1. The third kappa shape index (κ3) is 5.08. The number of hydrogen-bond donors (Lipinski definition) is 4. The van der Waals surface area contributed by atoms with Crippen LogP contribution in [-0.4, -0.2) is 42.2 Å². The molecule has 4 N–H and O–H groups in total. The summed E-state index contributed by atoms with van der Waals surface area (Å²) in [5.41, 5.74) is 0.981. The standard InChI is InChI=1S/C18H28N4O4/c1-12-4-6-13(7-5-12)21-18(24)14-10-17(22(25)26)16(19-2)11-15(14)20-8-3-9-23/h10-13,19-20,23H,3-9H2,1-2H3,(H,21,24). The van der Waals surface area contributed by atoms with Crippen LogP contribution in [0.1, 0.15) is 49.4 Å². The number of nitrogens with zero attached hydrogens (tertiary/aromatic N) is 1. The van der Waals surface area contributed by atoms with Crippen LogP contribution in [0.3, 0.4) is 0 Å². The Hall–Kier alpha value is -2.35. The van der Waals surface area contributed by atoms with E-state index in [0.717, 1.165) is 25.7 Å². The number of hydrogen-bond acceptors (Lipinski definition) is 6. The summed E-state index contributed by atoms with van der Waals surface area (Å²) in [4.78, 5) is 23.6. The van der Waals surface area contributed by atoms with Crippen molar-refractivity contribution in [2.24, 2.45) is 5.92 Å². The van der Waals surface area contributed by atoms with Crippen LogP contribution in [0.2, 0.25) is 0 Å². The van der Waals surface area contributed by atoms with Crippen LogP contribution in [0, 0.1) is 16.0 Å². The highest BCUT2D eigenvalue weighted by Gasteiger charge is 2.25. The molecule has 0 radical (unpaired) electrons. The number of carbonyl (C=O) groups excluding carboxylic acids is 1. The Labute approximate surface area is 153 Å². The molecule has 0 spiro atoms. The normalized spacial score (nSPS) is 19.7. The molecule has 0 aliphatic heterocycles. The second-order valence-electron chi connectivity index (χ2n) is 6.86. The summed E-state index contributed by atoms with van der Waals surface area (Å²) in [5, 5.41) is 29.2. The Bertz CT molecular complexity index is 642. The maximum absolute atomic E-state index is 12.8. The number of benzene rings is 1. The zero-order valence-corrected chi connectivity index (χ0v) is 15.4. The number of carbonyl (C=O) groups is 1. The average Bonchev–Trinajstić information content (AvgIpc) is 2.63. The van der Waals surface area contributed by atoms with Crippen molar-refractivity contribution in [3.63, 3.8) is 0 Å². The highest BCUT2D eigenvalue weighted by atomic mass is 16.6. The maximum Gasteiger partial charge on any atom is 0.293 e. The Morgan fingerprint density at radius 2 is 1.96 bits per heavy atom. The third-order valence-corrected chi connectivity index (χ3v) is 4.85. The molecular weight excluding hydrogens is 336 g/mol. The molecule has 1 amide bonds. The minimum atomic E-state index is -0.498. The number of nitro benzene ring substituents is 1. The van der Waals surface area contributed by atoms with Crippen LogP contribution >= 0.6 is 0 Å². The van der Waals surface area contributed by atoms with Crippen molar-refractivity contribution in [2.45, 2.75) is 45.1 Å². The Morgan fingerprint density at radius 1 is 1.27 bits per heavy atom. The van der Waals surface area contributed by atoms with Gasteiger partial charge in [0.15, 0.2) is 0 Å². The van der Waals surface area contributed by atoms with Gasteiger partial charge in [0.2, 0.25) is 0 Å². The average molecular weight is 364 g/mol. The van der Waals surface area contributed by atoms with E-state index in [4.69, 9.17) is 5.11 Å². The largest absolute Gasteiger partial charge is 0.396 e. The van der Waals surface area contributed by atoms with E-state index in [1.165, 1.54) is 6.07 Å². The lowest BCUT2D eigenvalue weighted by molar-refractivity contribution is -0.383. The number of anilines is 2. The quantitative estimate of drug-likeness (QED) is 0.320. The predicted molar refractivity (Wildman–Crippen MR) is 102 cm³/mol. The second-order valence-corrected chi connectivity index (χ2v) is 6.86. The molecule has 1 saturated carbocycles. The molecule has 1 fully saturated rings. The molecule has 144 valence electrons. The Kier molecular flexibility index (Phi) is 7.20. The van der Waals surface area contributed by atoms with Crippen molar-refractivity contribution in [2.75, 3.05) is 30.8 Å². The molecule has 0 saturated heterocycles. The van der Waals surface area contributed by atoms with Gasteiger partial charge in [-0.2, -0.15) is 0 Å². The predicted octanol–water partition coefficient (Wildman–Crippen LogP) is 2.74. The minimum absolute atomic E-state index is 0.0284. The molecule has 0 bridgehead atoms. The lowest BCUT2D eigenvalue weighted by Gasteiger charge is -2.27. The molecule has 2 rings (SSSR count). The van der Waals surface area contributed by atoms with E-state index >= 15 is 0 Å². The van der Waals surface area contributed by atoms with Crippen molar-refractivity contribution in [1.29, 1.82) is 0 Å². The Morgan fingerprint density at radius 3 is 2.54 bits per heavy atom. The minimum Gasteiger partial charge on any atom is -0.396 e. The van der Waals surface area contributed by atoms with Crippen molar-refractivity contribution in [1.82, 2.24) is 5.32 Å². The van der Waals surface area contributed by atoms with E-state index in [-0.39, 0.29) is 29.8 Å². The molecular formula is C18H28N4O4. The molecule has 0 atom stereocenters. The van der Waals surface area contributed by atoms with Crippen molar-refractivity contribution >= 4 is 23.0 Å². The summed E-state index contributed by atoms with van der Waals surface area (Å²) < 4.78 is 0. The monoisotopic (exact) mass is 364 g/mol. The van der Waals surface area contributed by atoms with Crippen LogP contribution in [-0.2, 0) is 0 Å². The van der Waals surface area contributed by atoms with Crippen LogP contribution in [0.4, 0.5) is 17.1 Å². The number of amides is 1. The van der Waals surface area contributed by atoms with Crippen molar-refractivity contribution < 1.29 is 14.8 Å². The maximum atomic E-state index is 12.8. The van der Waals surface area contributed by atoms with E-state index in [0.29, 0.717) is 30.3 Å². The summed E-state index contributed by atoms with van der Waals surface area (Å²) in [6.07, 6.45) is 4.53. The molecule has 1 aromatic carbocycles. The summed E-state index contributed by atoms with van der Waals surface area (Å²) in [7, 11) is 1.60. The Balaban J connectivity index is 2.25. The first-order valence-electron chi connectivity index (χ1n) is 9.12. The van der Waals surface area contributed by atoms with Gasteiger partial charge in [-0.15, -0.1) is 0 Å². The van der Waals surface area contributed by atoms with Crippen LogP contribution in [0.5, 0.6) is 0 Å². The van der Waals surface area contributed by atoms with Gasteiger partial charge in [-0.25, -0.2) is 0 Å². The number of nitrogens with one attached hydrogen (secondary N) is 3. The fourth-order valence-electron chi connectivity index (χ4n) is 3.24. The van der Waals surface area contributed by atoms with Gasteiger partial charge in [0, 0.05) is 38.0 Å². The highest BCUT2D eigenvalue weighted by Crippen LogP contribution is 2.32. The number of aliphatic hydroxyl groups excluding tert-OH is 1. The molecule has 1 aliphatic rings. The zero-order valence-electron chi connectivity index (χ0n) is 15.4. The van der Waals surface area contributed by atoms with Crippen LogP contribution in [0.25, 0.3) is 0 Å². The fraction of sp³-hybridized carbons (Fsp3) is 0.611. The van der Waals surface area contributed by atoms with E-state index in [1.54, 1.807) is 13.1 Å². The van der Waals surface area contributed by atoms with Crippen molar-refractivity contribution in [3.8, 4) is 0 Å². The summed E-state index contributed by atoms with van der Waals surface area (Å²) in [6.45, 7) is 2.71. The summed E-state index contributed by atoms with van der Waals surface area (Å²) in [6, 6.07) is 2.99. The number of rotatable bonds is 8. The van der Waals surface area contributed by atoms with E-state index in [1.807, 2.05) is 0 Å². The molecule has 0 aromatic heterocycles. The van der Waals surface area contributed by atoms with Gasteiger partial charge in [-0.1, -0.05) is 6.92 Å². The first-order chi connectivity index (χ1) is 12.5. The third-order valence-electron chi connectivity index (χ3n) is 4.85. The van der Waals surface area contributed by atoms with Gasteiger partial charge < -0.3 is 21.1 Å². The topological polar surface area (TPSA) is 117 Å². The molecule has 1 aliphatic carbocycles. The van der Waals surface area contributed by atoms with Gasteiger partial charge in [0.1, 0.15) is 5.69 Å². The van der Waals surface area contributed by atoms with Gasteiger partial charge >= 0.3 is 0 Å². The SMILES string of the molecule is CNc1cc(NCCCO)c(C(=O)NC2CCC(C)CC2)cc1[N+](=O)[O-]. The molecule has 26 heavy (non-hydrogen) atoms. The van der Waals surface area contributed by atoms with Gasteiger partial charge in [-0.05, 0) is 44.1 Å². The molecule has 0 unspecified atom stereocenters. The first-order valence-corrected chi connectivity index (χ1v) is 9.12. The fourth-order valence-corrected chi connectivity index (χ4v) is 3.24. The van der Waals surface area contributed by atoms with Gasteiger partial charge in [-0.3, -0.25) is 14.9 Å². The molecule has 1 aromatic rings. The van der Waals surface area contributed by atoms with Gasteiger partial charge in [0.05, 0.1) is 10.5 Å². The lowest BCUT2D eigenvalue weighted by Crippen LogP contribution is -2.37. The first kappa shape index (κ1) is 20.0. The zero-order chi connectivity index (χ0) is 19.1.